The molecule has 0 unspecified atom stereocenters. The summed E-state index contributed by atoms with van der Waals surface area (Å²) in [4.78, 5) is 11.0. The predicted molar refractivity (Wildman–Crippen MR) is 76.7 cm³/mol. The number of hydrogen-bond acceptors (Lipinski definition) is 4. The largest absolute Gasteiger partial charge is 0.497 e. The Balaban J connectivity index is 2.04. The Bertz CT molecular complexity index is 605. The van der Waals surface area contributed by atoms with Crippen LogP contribution in [0.3, 0.4) is 0 Å². The van der Waals surface area contributed by atoms with Crippen LogP contribution in [0.2, 0.25) is 0 Å². The molecule has 0 aromatic heterocycles. The highest BCUT2D eigenvalue weighted by Crippen LogP contribution is 2.43. The van der Waals surface area contributed by atoms with E-state index in [0.717, 1.165) is 19.3 Å². The molecular weight excluding hydrogens is 294 g/mol. The average Bonchev–Trinajstić information content (AvgIpc) is 2.41. The van der Waals surface area contributed by atoms with Crippen LogP contribution >= 0.6 is 0 Å². The van der Waals surface area contributed by atoms with E-state index < -0.39 is 21.4 Å². The summed E-state index contributed by atoms with van der Waals surface area (Å²) in [7, 11) is -2.12. The van der Waals surface area contributed by atoms with E-state index in [9.17, 15) is 13.2 Å². The lowest BCUT2D eigenvalue weighted by Crippen LogP contribution is -2.43. The van der Waals surface area contributed by atoms with Crippen molar-refractivity contribution < 1.29 is 23.1 Å². The Morgan fingerprint density at radius 1 is 1.33 bits per heavy atom. The zero-order valence-electron chi connectivity index (χ0n) is 11.8. The fourth-order valence-electron chi connectivity index (χ4n) is 2.50. The van der Waals surface area contributed by atoms with E-state index in [0.29, 0.717) is 5.75 Å². The van der Waals surface area contributed by atoms with Crippen LogP contribution in [0.4, 0.5) is 0 Å². The van der Waals surface area contributed by atoms with Gasteiger partial charge in [0, 0.05) is 6.54 Å². The van der Waals surface area contributed by atoms with Gasteiger partial charge < -0.3 is 9.84 Å². The van der Waals surface area contributed by atoms with Crippen molar-refractivity contribution in [2.75, 3.05) is 13.7 Å². The Kier molecular flexibility index (Phi) is 4.53. The molecule has 0 heterocycles. The van der Waals surface area contributed by atoms with Crippen LogP contribution in [0.5, 0.6) is 5.75 Å². The Morgan fingerprint density at radius 2 is 1.95 bits per heavy atom. The number of ether oxygens (including phenoxy) is 1. The summed E-state index contributed by atoms with van der Waals surface area (Å²) in [6, 6.07) is 6.08. The van der Waals surface area contributed by atoms with Gasteiger partial charge >= 0.3 is 5.97 Å². The summed E-state index contributed by atoms with van der Waals surface area (Å²) < 4.78 is 31.9. The van der Waals surface area contributed by atoms with Gasteiger partial charge in [-0.25, -0.2) is 13.1 Å². The van der Waals surface area contributed by atoms with Crippen molar-refractivity contribution >= 4 is 16.0 Å². The van der Waals surface area contributed by atoms with E-state index in [1.165, 1.54) is 19.2 Å². The van der Waals surface area contributed by atoms with Crippen LogP contribution in [-0.2, 0) is 14.8 Å². The molecule has 0 atom stereocenters. The number of methoxy groups -OCH3 is 1. The van der Waals surface area contributed by atoms with Crippen molar-refractivity contribution in [1.29, 1.82) is 0 Å². The van der Waals surface area contributed by atoms with Gasteiger partial charge in [0.2, 0.25) is 10.0 Å². The molecule has 0 aliphatic heterocycles. The van der Waals surface area contributed by atoms with Crippen LogP contribution in [0.25, 0.3) is 0 Å². The summed E-state index contributed by atoms with van der Waals surface area (Å²) in [5.41, 5.74) is -0.439. The van der Waals surface area contributed by atoms with E-state index >= 15 is 0 Å². The maximum Gasteiger partial charge on any atom is 0.303 e. The van der Waals surface area contributed by atoms with Crippen molar-refractivity contribution in [2.24, 2.45) is 5.41 Å². The molecule has 1 saturated carbocycles. The molecule has 1 aromatic rings. The Hall–Kier alpha value is -1.60. The first-order valence-electron chi connectivity index (χ1n) is 6.72. The monoisotopic (exact) mass is 313 g/mol. The minimum Gasteiger partial charge on any atom is -0.497 e. The maximum atomic E-state index is 12.2. The molecular formula is C14H19NO5S. The average molecular weight is 313 g/mol. The quantitative estimate of drug-likeness (QED) is 0.798. The van der Waals surface area contributed by atoms with Gasteiger partial charge in [-0.15, -0.1) is 0 Å². The normalized spacial score (nSPS) is 17.0. The summed E-state index contributed by atoms with van der Waals surface area (Å²) in [6.45, 7) is 0.160. The Labute approximate surface area is 124 Å². The number of hydrogen-bond donors (Lipinski definition) is 2. The number of carboxylic acids is 1. The number of aliphatic carboxylic acids is 1. The van der Waals surface area contributed by atoms with Gasteiger partial charge in [-0.3, -0.25) is 4.79 Å². The van der Waals surface area contributed by atoms with Crippen molar-refractivity contribution in [3.63, 3.8) is 0 Å². The number of rotatable bonds is 7. The highest BCUT2D eigenvalue weighted by molar-refractivity contribution is 7.89. The molecule has 0 saturated heterocycles. The van der Waals surface area contributed by atoms with Crippen molar-refractivity contribution in [1.82, 2.24) is 4.72 Å². The second kappa shape index (κ2) is 6.03. The standard InChI is InChI=1S/C14H19NO5S/c1-20-11-3-5-12(6-4-11)21(18,19)15-10-14(7-2-8-14)9-13(16)17/h3-6,15H,2,7-10H2,1H3,(H,16,17). The van der Waals surface area contributed by atoms with Gasteiger partial charge in [0.15, 0.2) is 0 Å². The molecule has 7 heteroatoms. The highest BCUT2D eigenvalue weighted by atomic mass is 32.2. The summed E-state index contributed by atoms with van der Waals surface area (Å²) >= 11 is 0. The topological polar surface area (TPSA) is 92.7 Å². The molecule has 6 nitrogen and oxygen atoms in total. The van der Waals surface area contributed by atoms with Crippen LogP contribution in [-0.4, -0.2) is 33.1 Å². The van der Waals surface area contributed by atoms with Crippen LogP contribution in [0.15, 0.2) is 29.2 Å². The molecule has 21 heavy (non-hydrogen) atoms. The SMILES string of the molecule is COc1ccc(S(=O)(=O)NCC2(CC(=O)O)CCC2)cc1. The zero-order valence-corrected chi connectivity index (χ0v) is 12.6. The number of sulfonamides is 1. The lowest BCUT2D eigenvalue weighted by molar-refractivity contribution is -0.141. The van der Waals surface area contributed by atoms with Crippen molar-refractivity contribution in [2.45, 2.75) is 30.6 Å². The molecule has 1 aromatic carbocycles. The molecule has 0 radical (unpaired) electrons. The first-order chi connectivity index (χ1) is 9.87. The Morgan fingerprint density at radius 3 is 2.38 bits per heavy atom. The molecule has 0 bridgehead atoms. The van der Waals surface area contributed by atoms with E-state index in [2.05, 4.69) is 4.72 Å². The van der Waals surface area contributed by atoms with Crippen molar-refractivity contribution in [3.05, 3.63) is 24.3 Å². The first kappa shape index (κ1) is 15.8. The van der Waals surface area contributed by atoms with Crippen molar-refractivity contribution in [3.8, 4) is 5.75 Å². The molecule has 2 rings (SSSR count). The zero-order chi connectivity index (χ0) is 15.5. The maximum absolute atomic E-state index is 12.2. The smallest absolute Gasteiger partial charge is 0.303 e. The minimum atomic E-state index is -3.63. The third-order valence-corrected chi connectivity index (χ3v) is 5.36. The first-order valence-corrected chi connectivity index (χ1v) is 8.21. The summed E-state index contributed by atoms with van der Waals surface area (Å²) in [5, 5.41) is 8.93. The number of carbonyl (C=O) groups is 1. The van der Waals surface area contributed by atoms with E-state index in [4.69, 9.17) is 9.84 Å². The lowest BCUT2D eigenvalue weighted by atomic mass is 9.67. The molecule has 1 aliphatic rings. The van der Waals surface area contributed by atoms with E-state index in [1.807, 2.05) is 0 Å². The molecule has 1 fully saturated rings. The fourth-order valence-corrected chi connectivity index (χ4v) is 3.66. The van der Waals surface area contributed by atoms with Crippen LogP contribution < -0.4 is 9.46 Å². The minimum absolute atomic E-state index is 0.00185. The second-order valence-electron chi connectivity index (χ2n) is 5.42. The number of nitrogens with one attached hydrogen (secondary N) is 1. The molecule has 0 spiro atoms. The number of carboxylic acid groups (broad SMARTS) is 1. The summed E-state index contributed by atoms with van der Waals surface area (Å²) in [6.07, 6.45) is 2.42. The highest BCUT2D eigenvalue weighted by Gasteiger charge is 2.39. The lowest BCUT2D eigenvalue weighted by Gasteiger charge is -2.40. The van der Waals surface area contributed by atoms with Crippen LogP contribution in [0.1, 0.15) is 25.7 Å². The molecule has 116 valence electrons. The van der Waals surface area contributed by atoms with Gasteiger partial charge in [-0.1, -0.05) is 6.42 Å². The second-order valence-corrected chi connectivity index (χ2v) is 7.19. The molecule has 0 amide bonds. The third-order valence-electron chi connectivity index (χ3n) is 3.95. The van der Waals surface area contributed by atoms with Gasteiger partial charge in [-0.05, 0) is 42.5 Å². The predicted octanol–water partition coefficient (Wildman–Crippen LogP) is 1.62. The fraction of sp³-hybridized carbons (Fsp3) is 0.500. The van der Waals surface area contributed by atoms with E-state index in [-0.39, 0.29) is 17.9 Å². The van der Waals surface area contributed by atoms with Gasteiger partial charge in [0.25, 0.3) is 0 Å². The van der Waals surface area contributed by atoms with Gasteiger partial charge in [-0.2, -0.15) is 0 Å². The summed E-state index contributed by atoms with van der Waals surface area (Å²) in [5.74, 6) is -0.311. The van der Waals surface area contributed by atoms with Gasteiger partial charge in [0.05, 0.1) is 18.4 Å². The molecule has 1 aliphatic carbocycles. The van der Waals surface area contributed by atoms with Crippen LogP contribution in [0, 0.1) is 5.41 Å². The van der Waals surface area contributed by atoms with E-state index in [1.54, 1.807) is 12.1 Å². The molecule has 2 N–H and O–H groups in total. The number of benzene rings is 1. The van der Waals surface area contributed by atoms with Gasteiger partial charge in [0.1, 0.15) is 5.75 Å². The third kappa shape index (κ3) is 3.74.